The minimum absolute atomic E-state index is 0.213. The van der Waals surface area contributed by atoms with Crippen LogP contribution in [0.3, 0.4) is 0 Å². The maximum absolute atomic E-state index is 6.09. The van der Waals surface area contributed by atoms with E-state index in [1.807, 2.05) is 30.3 Å². The largest absolute Gasteiger partial charge is 0.459 e. The van der Waals surface area contributed by atoms with Gasteiger partial charge in [-0.1, -0.05) is 18.2 Å². The lowest BCUT2D eigenvalue weighted by molar-refractivity contribution is 0.0778. The van der Waals surface area contributed by atoms with Gasteiger partial charge >= 0.3 is 0 Å². The summed E-state index contributed by atoms with van der Waals surface area (Å²) in [5, 5.41) is 1.08. The molecule has 0 amide bonds. The van der Waals surface area contributed by atoms with Crippen LogP contribution >= 0.6 is 0 Å². The van der Waals surface area contributed by atoms with E-state index in [9.17, 15) is 0 Å². The molecule has 0 bridgehead atoms. The van der Waals surface area contributed by atoms with Crippen molar-refractivity contribution in [2.45, 2.75) is 12.5 Å². The molecule has 0 aliphatic carbocycles. The molecule has 0 saturated carbocycles. The normalized spacial score (nSPS) is 21.0. The van der Waals surface area contributed by atoms with Crippen molar-refractivity contribution < 1.29 is 13.9 Å². The van der Waals surface area contributed by atoms with E-state index >= 15 is 0 Å². The fourth-order valence-corrected chi connectivity index (χ4v) is 2.34. The van der Waals surface area contributed by atoms with Crippen molar-refractivity contribution >= 4 is 11.0 Å². The second-order valence-electron chi connectivity index (χ2n) is 5.06. The highest BCUT2D eigenvalue weighted by Crippen LogP contribution is 2.23. The van der Waals surface area contributed by atoms with Crippen LogP contribution in [-0.4, -0.2) is 26.4 Å². The Balaban J connectivity index is 1.55. The van der Waals surface area contributed by atoms with Crippen molar-refractivity contribution in [2.75, 3.05) is 26.4 Å². The smallest absolute Gasteiger partial charge is 0.134 e. The SMILES string of the molecule is NC(COCC1CCOC1)c1cc2ccccc2o1. The number of benzene rings is 1. The third-order valence-corrected chi connectivity index (χ3v) is 3.48. The van der Waals surface area contributed by atoms with Gasteiger partial charge in [-0.05, 0) is 18.6 Å². The maximum atomic E-state index is 6.09. The van der Waals surface area contributed by atoms with E-state index in [0.717, 1.165) is 36.4 Å². The first-order valence-electron chi connectivity index (χ1n) is 6.72. The van der Waals surface area contributed by atoms with Crippen molar-refractivity contribution in [1.82, 2.24) is 0 Å². The summed E-state index contributed by atoms with van der Waals surface area (Å²) in [5.74, 6) is 1.30. The van der Waals surface area contributed by atoms with Crippen molar-refractivity contribution in [1.29, 1.82) is 0 Å². The van der Waals surface area contributed by atoms with Gasteiger partial charge in [-0.15, -0.1) is 0 Å². The Bertz CT molecular complexity index is 498. The second-order valence-corrected chi connectivity index (χ2v) is 5.06. The Hall–Kier alpha value is -1.36. The molecule has 2 atom stereocenters. The number of nitrogens with two attached hydrogens (primary N) is 1. The van der Waals surface area contributed by atoms with Gasteiger partial charge in [-0.2, -0.15) is 0 Å². The molecule has 1 aliphatic heterocycles. The fraction of sp³-hybridized carbons (Fsp3) is 0.467. The summed E-state index contributed by atoms with van der Waals surface area (Å²) in [6.45, 7) is 2.85. The molecule has 2 N–H and O–H groups in total. The minimum Gasteiger partial charge on any atom is -0.459 e. The molecule has 2 unspecified atom stereocenters. The van der Waals surface area contributed by atoms with Gasteiger partial charge in [0.15, 0.2) is 0 Å². The van der Waals surface area contributed by atoms with Crippen molar-refractivity contribution in [2.24, 2.45) is 11.7 Å². The van der Waals surface area contributed by atoms with Crippen LogP contribution in [0.2, 0.25) is 0 Å². The van der Waals surface area contributed by atoms with Crippen LogP contribution in [0.15, 0.2) is 34.7 Å². The van der Waals surface area contributed by atoms with Crippen LogP contribution in [-0.2, 0) is 9.47 Å². The van der Waals surface area contributed by atoms with Crippen molar-refractivity contribution in [3.05, 3.63) is 36.1 Å². The zero-order valence-electron chi connectivity index (χ0n) is 10.9. The van der Waals surface area contributed by atoms with Crippen LogP contribution in [0.1, 0.15) is 18.2 Å². The third-order valence-electron chi connectivity index (χ3n) is 3.48. The van der Waals surface area contributed by atoms with Gasteiger partial charge in [0.1, 0.15) is 11.3 Å². The van der Waals surface area contributed by atoms with Gasteiger partial charge < -0.3 is 19.6 Å². The van der Waals surface area contributed by atoms with Crippen molar-refractivity contribution in [3.63, 3.8) is 0 Å². The molecule has 19 heavy (non-hydrogen) atoms. The summed E-state index contributed by atoms with van der Waals surface area (Å²) < 4.78 is 16.7. The Morgan fingerprint density at radius 1 is 1.37 bits per heavy atom. The van der Waals surface area contributed by atoms with Crippen molar-refractivity contribution in [3.8, 4) is 0 Å². The molecule has 1 aromatic heterocycles. The van der Waals surface area contributed by atoms with E-state index in [1.165, 1.54) is 0 Å². The molecular formula is C15H19NO3. The minimum atomic E-state index is -0.213. The predicted octanol–water partition coefficient (Wildman–Crippen LogP) is 2.49. The molecule has 0 spiro atoms. The number of hydrogen-bond donors (Lipinski definition) is 1. The first kappa shape index (κ1) is 12.7. The third kappa shape index (κ3) is 2.97. The molecule has 102 valence electrons. The summed E-state index contributed by atoms with van der Waals surface area (Å²) in [7, 11) is 0. The van der Waals surface area contributed by atoms with Crippen LogP contribution < -0.4 is 5.73 Å². The molecule has 2 aromatic rings. The molecule has 0 radical (unpaired) electrons. The zero-order chi connectivity index (χ0) is 13.1. The molecule has 1 saturated heterocycles. The van der Waals surface area contributed by atoms with Gasteiger partial charge in [0.25, 0.3) is 0 Å². The fourth-order valence-electron chi connectivity index (χ4n) is 2.34. The first-order chi connectivity index (χ1) is 9.33. The van der Waals surface area contributed by atoms with Crippen LogP contribution in [0.5, 0.6) is 0 Å². The Kier molecular flexibility index (Phi) is 3.82. The van der Waals surface area contributed by atoms with E-state index in [4.69, 9.17) is 19.6 Å². The summed E-state index contributed by atoms with van der Waals surface area (Å²) in [6, 6.07) is 9.69. The highest BCUT2D eigenvalue weighted by molar-refractivity contribution is 5.77. The summed E-state index contributed by atoms with van der Waals surface area (Å²) >= 11 is 0. The van der Waals surface area contributed by atoms with E-state index in [2.05, 4.69) is 0 Å². The number of rotatable bonds is 5. The lowest BCUT2D eigenvalue weighted by atomic mass is 10.1. The average Bonchev–Trinajstić information content (AvgIpc) is 3.07. The molecule has 4 nitrogen and oxygen atoms in total. The lowest BCUT2D eigenvalue weighted by Gasteiger charge is -2.12. The number of furan rings is 1. The molecule has 4 heteroatoms. The number of para-hydroxylation sites is 1. The van der Waals surface area contributed by atoms with E-state index in [1.54, 1.807) is 0 Å². The number of hydrogen-bond acceptors (Lipinski definition) is 4. The van der Waals surface area contributed by atoms with Gasteiger partial charge in [-0.25, -0.2) is 0 Å². The van der Waals surface area contributed by atoms with Gasteiger partial charge in [-0.3, -0.25) is 0 Å². The molecule has 3 rings (SSSR count). The highest BCUT2D eigenvalue weighted by Gasteiger charge is 2.17. The molecule has 1 aromatic carbocycles. The van der Waals surface area contributed by atoms with Crippen LogP contribution in [0.4, 0.5) is 0 Å². The van der Waals surface area contributed by atoms with E-state index in [-0.39, 0.29) is 6.04 Å². The Labute approximate surface area is 112 Å². The zero-order valence-corrected chi connectivity index (χ0v) is 10.9. The second kappa shape index (κ2) is 5.74. The van der Waals surface area contributed by atoms with E-state index in [0.29, 0.717) is 19.1 Å². The molecular weight excluding hydrogens is 242 g/mol. The highest BCUT2D eigenvalue weighted by atomic mass is 16.5. The quantitative estimate of drug-likeness (QED) is 0.898. The monoisotopic (exact) mass is 261 g/mol. The summed E-state index contributed by atoms with van der Waals surface area (Å²) in [5.41, 5.74) is 6.97. The topological polar surface area (TPSA) is 57.6 Å². The van der Waals surface area contributed by atoms with Gasteiger partial charge in [0.2, 0.25) is 0 Å². The Morgan fingerprint density at radius 3 is 3.05 bits per heavy atom. The summed E-state index contributed by atoms with van der Waals surface area (Å²) in [6.07, 6.45) is 1.08. The average molecular weight is 261 g/mol. The summed E-state index contributed by atoms with van der Waals surface area (Å²) in [4.78, 5) is 0. The number of ether oxygens (including phenoxy) is 2. The molecule has 1 aliphatic rings. The van der Waals surface area contributed by atoms with Gasteiger partial charge in [0, 0.05) is 17.9 Å². The Morgan fingerprint density at radius 2 is 2.26 bits per heavy atom. The van der Waals surface area contributed by atoms with Crippen LogP contribution in [0.25, 0.3) is 11.0 Å². The van der Waals surface area contributed by atoms with Crippen LogP contribution in [0, 0.1) is 5.92 Å². The van der Waals surface area contributed by atoms with E-state index < -0.39 is 0 Å². The first-order valence-corrected chi connectivity index (χ1v) is 6.72. The number of fused-ring (bicyclic) bond motifs is 1. The lowest BCUT2D eigenvalue weighted by Crippen LogP contribution is -2.19. The molecule has 1 fully saturated rings. The maximum Gasteiger partial charge on any atom is 0.134 e. The standard InChI is InChI=1S/C15H19NO3/c16-13(10-18-9-11-5-6-17-8-11)15-7-12-3-1-2-4-14(12)19-15/h1-4,7,11,13H,5-6,8-10,16H2. The predicted molar refractivity (Wildman–Crippen MR) is 72.9 cm³/mol. The molecule has 2 heterocycles. The van der Waals surface area contributed by atoms with Gasteiger partial charge in [0.05, 0.1) is 25.9 Å².